The predicted molar refractivity (Wildman–Crippen MR) is 74.7 cm³/mol. The Morgan fingerprint density at radius 1 is 1.32 bits per heavy atom. The Kier molecular flexibility index (Phi) is 4.22. The van der Waals surface area contributed by atoms with Crippen molar-refractivity contribution in [3.63, 3.8) is 0 Å². The Morgan fingerprint density at radius 3 is 2.74 bits per heavy atom. The number of furan rings is 1. The maximum atomic E-state index is 13.6. The van der Waals surface area contributed by atoms with E-state index in [0.717, 1.165) is 22.6 Å². The molecule has 2 rings (SSSR count). The highest BCUT2D eigenvalue weighted by molar-refractivity contribution is 5.49. The van der Waals surface area contributed by atoms with Crippen LogP contribution < -0.4 is 10.2 Å². The first kappa shape index (κ1) is 13.6. The molecule has 0 unspecified atom stereocenters. The number of halogens is 1. The minimum absolute atomic E-state index is 0.210. The lowest BCUT2D eigenvalue weighted by molar-refractivity contribution is 0.529. The number of aryl methyl sites for hydroxylation is 1. The quantitative estimate of drug-likeness (QED) is 0.897. The van der Waals surface area contributed by atoms with Crippen molar-refractivity contribution in [1.29, 1.82) is 0 Å². The molecule has 0 saturated carbocycles. The van der Waals surface area contributed by atoms with Gasteiger partial charge in [0.1, 0.15) is 11.6 Å². The normalized spacial score (nSPS) is 10.7. The van der Waals surface area contributed by atoms with E-state index in [-0.39, 0.29) is 5.82 Å². The van der Waals surface area contributed by atoms with E-state index in [2.05, 4.69) is 5.32 Å². The van der Waals surface area contributed by atoms with Crippen molar-refractivity contribution >= 4 is 5.69 Å². The van der Waals surface area contributed by atoms with Gasteiger partial charge < -0.3 is 14.6 Å². The van der Waals surface area contributed by atoms with Crippen molar-refractivity contribution in [2.24, 2.45) is 0 Å². The highest BCUT2D eigenvalue weighted by Gasteiger charge is 2.08. The van der Waals surface area contributed by atoms with Gasteiger partial charge in [0.2, 0.25) is 0 Å². The van der Waals surface area contributed by atoms with Gasteiger partial charge >= 0.3 is 0 Å². The maximum Gasteiger partial charge on any atom is 0.125 e. The van der Waals surface area contributed by atoms with E-state index in [9.17, 15) is 4.39 Å². The third-order valence-electron chi connectivity index (χ3n) is 3.14. The van der Waals surface area contributed by atoms with Crippen LogP contribution in [-0.2, 0) is 13.1 Å². The van der Waals surface area contributed by atoms with Crippen LogP contribution in [0.5, 0.6) is 0 Å². The SMILES string of the molecule is CNCc1cc(F)cc(N(C)Cc2ccoc2C)c1. The number of hydrogen-bond donors (Lipinski definition) is 1. The summed E-state index contributed by atoms with van der Waals surface area (Å²) in [6.45, 7) is 3.29. The zero-order valence-electron chi connectivity index (χ0n) is 11.5. The molecule has 1 heterocycles. The molecule has 19 heavy (non-hydrogen) atoms. The average molecular weight is 262 g/mol. The third kappa shape index (κ3) is 3.35. The molecule has 0 atom stereocenters. The zero-order chi connectivity index (χ0) is 13.8. The number of hydrogen-bond acceptors (Lipinski definition) is 3. The predicted octanol–water partition coefficient (Wildman–Crippen LogP) is 3.08. The number of nitrogens with zero attached hydrogens (tertiary/aromatic N) is 1. The lowest BCUT2D eigenvalue weighted by Gasteiger charge is -2.20. The Hall–Kier alpha value is -1.81. The van der Waals surface area contributed by atoms with E-state index in [1.54, 1.807) is 18.4 Å². The monoisotopic (exact) mass is 262 g/mol. The van der Waals surface area contributed by atoms with Gasteiger partial charge in [-0.2, -0.15) is 0 Å². The molecule has 1 aromatic carbocycles. The van der Waals surface area contributed by atoms with Crippen LogP contribution in [0.25, 0.3) is 0 Å². The van der Waals surface area contributed by atoms with E-state index in [4.69, 9.17) is 4.42 Å². The highest BCUT2D eigenvalue weighted by Crippen LogP contribution is 2.21. The standard InChI is InChI=1S/C15H19FN2O/c1-11-13(4-5-19-11)10-18(3)15-7-12(9-17-2)6-14(16)8-15/h4-8,17H,9-10H2,1-3H3. The van der Waals surface area contributed by atoms with Gasteiger partial charge in [-0.3, -0.25) is 0 Å². The van der Waals surface area contributed by atoms with Gasteiger partial charge in [-0.1, -0.05) is 0 Å². The summed E-state index contributed by atoms with van der Waals surface area (Å²) in [7, 11) is 3.80. The van der Waals surface area contributed by atoms with Gasteiger partial charge in [0.05, 0.1) is 6.26 Å². The number of benzene rings is 1. The summed E-state index contributed by atoms with van der Waals surface area (Å²) in [4.78, 5) is 2.01. The molecular formula is C15H19FN2O. The van der Waals surface area contributed by atoms with Gasteiger partial charge in [0, 0.05) is 31.4 Å². The second kappa shape index (κ2) is 5.89. The molecule has 0 radical (unpaired) electrons. The van der Waals surface area contributed by atoms with Crippen molar-refractivity contribution < 1.29 is 8.81 Å². The zero-order valence-corrected chi connectivity index (χ0v) is 11.5. The lowest BCUT2D eigenvalue weighted by atomic mass is 10.1. The first-order valence-corrected chi connectivity index (χ1v) is 6.28. The summed E-state index contributed by atoms with van der Waals surface area (Å²) in [5.41, 5.74) is 2.92. The first-order chi connectivity index (χ1) is 9.10. The van der Waals surface area contributed by atoms with Crippen LogP contribution >= 0.6 is 0 Å². The fraction of sp³-hybridized carbons (Fsp3) is 0.333. The Bertz CT molecular complexity index is 551. The minimum atomic E-state index is -0.210. The summed E-state index contributed by atoms with van der Waals surface area (Å²) in [6.07, 6.45) is 1.68. The second-order valence-corrected chi connectivity index (χ2v) is 4.71. The molecular weight excluding hydrogens is 243 g/mol. The average Bonchev–Trinajstić information content (AvgIpc) is 2.75. The largest absolute Gasteiger partial charge is 0.469 e. The van der Waals surface area contributed by atoms with E-state index >= 15 is 0 Å². The molecule has 102 valence electrons. The van der Waals surface area contributed by atoms with Gasteiger partial charge in [0.15, 0.2) is 0 Å². The number of anilines is 1. The number of rotatable bonds is 5. The van der Waals surface area contributed by atoms with Gasteiger partial charge in [-0.15, -0.1) is 0 Å². The van der Waals surface area contributed by atoms with Gasteiger partial charge in [-0.25, -0.2) is 4.39 Å². The van der Waals surface area contributed by atoms with Crippen LogP contribution in [0.2, 0.25) is 0 Å². The topological polar surface area (TPSA) is 28.4 Å². The Morgan fingerprint density at radius 2 is 2.11 bits per heavy atom. The molecule has 0 spiro atoms. The van der Waals surface area contributed by atoms with Crippen LogP contribution in [0.15, 0.2) is 34.9 Å². The van der Waals surface area contributed by atoms with Crippen molar-refractivity contribution in [1.82, 2.24) is 5.32 Å². The first-order valence-electron chi connectivity index (χ1n) is 6.28. The van der Waals surface area contributed by atoms with E-state index in [1.165, 1.54) is 0 Å². The molecule has 0 amide bonds. The van der Waals surface area contributed by atoms with Crippen molar-refractivity contribution in [3.8, 4) is 0 Å². The summed E-state index contributed by atoms with van der Waals surface area (Å²) in [6, 6.07) is 7.04. The van der Waals surface area contributed by atoms with Crippen LogP contribution in [0, 0.1) is 12.7 Å². The van der Waals surface area contributed by atoms with Crippen molar-refractivity contribution in [2.45, 2.75) is 20.0 Å². The van der Waals surface area contributed by atoms with E-state index < -0.39 is 0 Å². The number of nitrogens with one attached hydrogen (secondary N) is 1. The summed E-state index contributed by atoms with van der Waals surface area (Å²) >= 11 is 0. The van der Waals surface area contributed by atoms with Gasteiger partial charge in [-0.05, 0) is 43.8 Å². The van der Waals surface area contributed by atoms with Crippen LogP contribution in [0.1, 0.15) is 16.9 Å². The van der Waals surface area contributed by atoms with Gasteiger partial charge in [0.25, 0.3) is 0 Å². The van der Waals surface area contributed by atoms with E-state index in [1.807, 2.05) is 38.1 Å². The molecule has 1 N–H and O–H groups in total. The molecule has 0 aliphatic heterocycles. The van der Waals surface area contributed by atoms with Crippen LogP contribution in [-0.4, -0.2) is 14.1 Å². The Balaban J connectivity index is 2.18. The summed E-state index contributed by atoms with van der Waals surface area (Å²) in [5.74, 6) is 0.692. The van der Waals surface area contributed by atoms with Crippen LogP contribution in [0.4, 0.5) is 10.1 Å². The smallest absolute Gasteiger partial charge is 0.125 e. The third-order valence-corrected chi connectivity index (χ3v) is 3.14. The lowest BCUT2D eigenvalue weighted by Crippen LogP contribution is -2.17. The molecule has 2 aromatic rings. The molecule has 0 aliphatic carbocycles. The van der Waals surface area contributed by atoms with Crippen molar-refractivity contribution in [3.05, 3.63) is 53.2 Å². The second-order valence-electron chi connectivity index (χ2n) is 4.71. The molecule has 1 aromatic heterocycles. The fourth-order valence-corrected chi connectivity index (χ4v) is 2.08. The molecule has 3 nitrogen and oxygen atoms in total. The van der Waals surface area contributed by atoms with E-state index in [0.29, 0.717) is 13.1 Å². The molecule has 0 fully saturated rings. The summed E-state index contributed by atoms with van der Waals surface area (Å²) < 4.78 is 18.9. The molecule has 0 aliphatic rings. The maximum absolute atomic E-state index is 13.6. The highest BCUT2D eigenvalue weighted by atomic mass is 19.1. The van der Waals surface area contributed by atoms with Crippen molar-refractivity contribution in [2.75, 3.05) is 19.0 Å². The fourth-order valence-electron chi connectivity index (χ4n) is 2.08. The van der Waals surface area contributed by atoms with Crippen LogP contribution in [0.3, 0.4) is 0 Å². The minimum Gasteiger partial charge on any atom is -0.469 e. The molecule has 4 heteroatoms. The Labute approximate surface area is 113 Å². The molecule has 0 bridgehead atoms. The summed E-state index contributed by atoms with van der Waals surface area (Å²) in [5, 5.41) is 3.03. The molecule has 0 saturated heterocycles.